The fraction of sp³-hybridized carbons (Fsp3) is 0.0769. The number of halogens is 1. The maximum Gasteiger partial charge on any atom is 0.123 e. The van der Waals surface area contributed by atoms with Crippen molar-refractivity contribution in [3.63, 3.8) is 0 Å². The van der Waals surface area contributed by atoms with E-state index in [1.165, 1.54) is 18.2 Å². The van der Waals surface area contributed by atoms with Gasteiger partial charge in [-0.1, -0.05) is 18.2 Å². The fourth-order valence-corrected chi connectivity index (χ4v) is 1.45. The van der Waals surface area contributed by atoms with Crippen molar-refractivity contribution in [2.24, 2.45) is 0 Å². The number of para-hydroxylation sites is 1. The topological polar surface area (TPSA) is 32.3 Å². The molecule has 0 bridgehead atoms. The molecule has 0 saturated heterocycles. The van der Waals surface area contributed by atoms with Crippen LogP contribution in [0.25, 0.3) is 0 Å². The van der Waals surface area contributed by atoms with E-state index in [4.69, 9.17) is 0 Å². The van der Waals surface area contributed by atoms with E-state index in [0.29, 0.717) is 12.1 Å². The first-order chi connectivity index (χ1) is 7.75. The highest BCUT2D eigenvalue weighted by atomic mass is 19.1. The fourth-order valence-electron chi connectivity index (χ4n) is 1.45. The van der Waals surface area contributed by atoms with Gasteiger partial charge in [0, 0.05) is 17.8 Å². The molecule has 0 atom stereocenters. The molecule has 2 aromatic rings. The number of phenols is 1. The van der Waals surface area contributed by atoms with E-state index in [1.807, 2.05) is 30.3 Å². The van der Waals surface area contributed by atoms with Gasteiger partial charge in [-0.15, -0.1) is 0 Å². The first-order valence-electron chi connectivity index (χ1n) is 5.02. The quantitative estimate of drug-likeness (QED) is 0.827. The lowest BCUT2D eigenvalue weighted by Gasteiger charge is -2.07. The number of phenolic OH excluding ortho intramolecular Hbond substituents is 1. The lowest BCUT2D eigenvalue weighted by atomic mass is 10.2. The molecule has 0 spiro atoms. The molecule has 0 aromatic heterocycles. The molecule has 0 saturated carbocycles. The number of rotatable bonds is 3. The van der Waals surface area contributed by atoms with Gasteiger partial charge in [-0.3, -0.25) is 0 Å². The van der Waals surface area contributed by atoms with Crippen LogP contribution in [0.2, 0.25) is 0 Å². The van der Waals surface area contributed by atoms with Gasteiger partial charge in [-0.05, 0) is 30.3 Å². The summed E-state index contributed by atoms with van der Waals surface area (Å²) < 4.78 is 12.9. The summed E-state index contributed by atoms with van der Waals surface area (Å²) in [5.41, 5.74) is 1.48. The van der Waals surface area contributed by atoms with E-state index in [-0.39, 0.29) is 11.6 Å². The summed E-state index contributed by atoms with van der Waals surface area (Å²) in [7, 11) is 0. The first kappa shape index (κ1) is 10.5. The highest BCUT2D eigenvalue weighted by Crippen LogP contribution is 2.19. The highest BCUT2D eigenvalue weighted by Gasteiger charge is 2.02. The third-order valence-electron chi connectivity index (χ3n) is 2.30. The molecule has 0 aliphatic carbocycles. The third kappa shape index (κ3) is 2.51. The number of nitrogens with one attached hydrogen (secondary N) is 1. The van der Waals surface area contributed by atoms with Crippen LogP contribution in [0.15, 0.2) is 48.5 Å². The average molecular weight is 217 g/mol. The Morgan fingerprint density at radius 3 is 2.56 bits per heavy atom. The molecule has 2 rings (SSSR count). The number of aromatic hydroxyl groups is 1. The number of anilines is 1. The summed E-state index contributed by atoms with van der Waals surface area (Å²) in [6.45, 7) is 0.396. The van der Waals surface area contributed by atoms with Gasteiger partial charge in [-0.2, -0.15) is 0 Å². The Bertz CT molecular complexity index is 471. The Morgan fingerprint density at radius 2 is 1.81 bits per heavy atom. The van der Waals surface area contributed by atoms with E-state index >= 15 is 0 Å². The maximum absolute atomic E-state index is 12.9. The zero-order valence-electron chi connectivity index (χ0n) is 8.65. The predicted octanol–water partition coefficient (Wildman–Crippen LogP) is 3.14. The standard InChI is InChI=1S/C13H12FNO/c14-11-6-7-13(16)10(8-11)9-15-12-4-2-1-3-5-12/h1-8,15-16H,9H2. The Kier molecular flexibility index (Phi) is 3.05. The molecule has 0 radical (unpaired) electrons. The molecule has 0 unspecified atom stereocenters. The van der Waals surface area contributed by atoms with Crippen molar-refractivity contribution in [1.82, 2.24) is 0 Å². The lowest BCUT2D eigenvalue weighted by molar-refractivity contribution is 0.466. The summed E-state index contributed by atoms with van der Waals surface area (Å²) in [6, 6.07) is 13.5. The Hall–Kier alpha value is -2.03. The van der Waals surface area contributed by atoms with Gasteiger partial charge in [0.2, 0.25) is 0 Å². The van der Waals surface area contributed by atoms with E-state index in [9.17, 15) is 9.50 Å². The van der Waals surface area contributed by atoms with Crippen LogP contribution in [0.1, 0.15) is 5.56 Å². The zero-order chi connectivity index (χ0) is 11.4. The van der Waals surface area contributed by atoms with Crippen LogP contribution in [-0.2, 0) is 6.54 Å². The molecule has 2 aromatic carbocycles. The van der Waals surface area contributed by atoms with Crippen molar-refractivity contribution in [1.29, 1.82) is 0 Å². The van der Waals surface area contributed by atoms with Crippen molar-refractivity contribution < 1.29 is 9.50 Å². The Morgan fingerprint density at radius 1 is 1.06 bits per heavy atom. The summed E-state index contributed by atoms with van der Waals surface area (Å²) in [6.07, 6.45) is 0. The van der Waals surface area contributed by atoms with Gasteiger partial charge in [0.1, 0.15) is 11.6 Å². The van der Waals surface area contributed by atoms with Gasteiger partial charge in [0.05, 0.1) is 0 Å². The molecule has 0 aliphatic heterocycles. The molecule has 2 nitrogen and oxygen atoms in total. The largest absolute Gasteiger partial charge is 0.508 e. The minimum absolute atomic E-state index is 0.102. The average Bonchev–Trinajstić information content (AvgIpc) is 2.32. The maximum atomic E-state index is 12.9. The summed E-state index contributed by atoms with van der Waals surface area (Å²) in [4.78, 5) is 0. The zero-order valence-corrected chi connectivity index (χ0v) is 8.65. The predicted molar refractivity (Wildman–Crippen MR) is 61.8 cm³/mol. The summed E-state index contributed by atoms with van der Waals surface area (Å²) >= 11 is 0. The van der Waals surface area contributed by atoms with E-state index in [0.717, 1.165) is 5.69 Å². The van der Waals surface area contributed by atoms with Crippen molar-refractivity contribution in [3.8, 4) is 5.75 Å². The lowest BCUT2D eigenvalue weighted by Crippen LogP contribution is -1.99. The second-order valence-electron chi connectivity index (χ2n) is 3.49. The smallest absolute Gasteiger partial charge is 0.123 e. The highest BCUT2D eigenvalue weighted by molar-refractivity contribution is 5.44. The van der Waals surface area contributed by atoms with Crippen LogP contribution in [0, 0.1) is 5.82 Å². The van der Waals surface area contributed by atoms with Crippen molar-refractivity contribution >= 4 is 5.69 Å². The van der Waals surface area contributed by atoms with Crippen LogP contribution in [-0.4, -0.2) is 5.11 Å². The molecular weight excluding hydrogens is 205 g/mol. The Labute approximate surface area is 93.4 Å². The molecule has 0 amide bonds. The van der Waals surface area contributed by atoms with Gasteiger partial charge in [0.15, 0.2) is 0 Å². The number of hydrogen-bond acceptors (Lipinski definition) is 2. The summed E-state index contributed by atoms with van der Waals surface area (Å²) in [5, 5.41) is 12.6. The van der Waals surface area contributed by atoms with Gasteiger partial charge in [0.25, 0.3) is 0 Å². The monoisotopic (exact) mass is 217 g/mol. The third-order valence-corrected chi connectivity index (χ3v) is 2.30. The minimum atomic E-state index is -0.345. The van der Waals surface area contributed by atoms with Crippen LogP contribution >= 0.6 is 0 Å². The molecule has 3 heteroatoms. The number of benzene rings is 2. The van der Waals surface area contributed by atoms with Crippen LogP contribution in [0.3, 0.4) is 0 Å². The molecule has 0 fully saturated rings. The molecule has 82 valence electrons. The van der Waals surface area contributed by atoms with Crippen molar-refractivity contribution in [2.75, 3.05) is 5.32 Å². The Balaban J connectivity index is 2.08. The molecule has 0 heterocycles. The second-order valence-corrected chi connectivity index (χ2v) is 3.49. The second kappa shape index (κ2) is 4.66. The molecular formula is C13H12FNO. The van der Waals surface area contributed by atoms with Gasteiger partial charge >= 0.3 is 0 Å². The number of hydrogen-bond donors (Lipinski definition) is 2. The van der Waals surface area contributed by atoms with Crippen LogP contribution in [0.4, 0.5) is 10.1 Å². The van der Waals surface area contributed by atoms with Crippen LogP contribution in [0.5, 0.6) is 5.75 Å². The molecule has 2 N–H and O–H groups in total. The molecule has 16 heavy (non-hydrogen) atoms. The van der Waals surface area contributed by atoms with E-state index in [1.54, 1.807) is 0 Å². The van der Waals surface area contributed by atoms with E-state index < -0.39 is 0 Å². The molecule has 0 aliphatic rings. The minimum Gasteiger partial charge on any atom is -0.508 e. The van der Waals surface area contributed by atoms with E-state index in [2.05, 4.69) is 5.32 Å². The van der Waals surface area contributed by atoms with Gasteiger partial charge < -0.3 is 10.4 Å². The normalized spacial score (nSPS) is 10.1. The van der Waals surface area contributed by atoms with Crippen LogP contribution < -0.4 is 5.32 Å². The SMILES string of the molecule is Oc1ccc(F)cc1CNc1ccccc1. The van der Waals surface area contributed by atoms with Crippen molar-refractivity contribution in [3.05, 3.63) is 59.9 Å². The summed E-state index contributed by atoms with van der Waals surface area (Å²) in [5.74, 6) is -0.243. The first-order valence-corrected chi connectivity index (χ1v) is 5.02. The van der Waals surface area contributed by atoms with Crippen molar-refractivity contribution in [2.45, 2.75) is 6.54 Å². The van der Waals surface area contributed by atoms with Gasteiger partial charge in [-0.25, -0.2) is 4.39 Å².